The van der Waals surface area contributed by atoms with Gasteiger partial charge in [0.1, 0.15) is 11.5 Å². The number of phenolic OH excluding ortho intramolecular Hbond substituents is 1. The van der Waals surface area contributed by atoms with E-state index in [1.807, 2.05) is 46.8 Å². The fourth-order valence-electron chi connectivity index (χ4n) is 3.60. The lowest BCUT2D eigenvalue weighted by atomic mass is 9.94. The third kappa shape index (κ3) is 10.3. The summed E-state index contributed by atoms with van der Waals surface area (Å²) < 4.78 is 5.28. The van der Waals surface area contributed by atoms with Crippen LogP contribution in [-0.2, 0) is 11.2 Å². The van der Waals surface area contributed by atoms with Crippen molar-refractivity contribution >= 4 is 5.78 Å². The van der Waals surface area contributed by atoms with E-state index in [1.54, 1.807) is 19.3 Å². The lowest BCUT2D eigenvalue weighted by molar-refractivity contribution is -0.114. The molecule has 2 N–H and O–H groups in total. The van der Waals surface area contributed by atoms with E-state index in [4.69, 9.17) is 4.74 Å². The lowest BCUT2D eigenvalue weighted by Gasteiger charge is -2.17. The summed E-state index contributed by atoms with van der Waals surface area (Å²) in [5, 5.41) is 20.5. The Labute approximate surface area is 194 Å². The second kappa shape index (κ2) is 13.9. The lowest BCUT2D eigenvalue weighted by Crippen LogP contribution is -2.16. The quantitative estimate of drug-likeness (QED) is 0.266. The van der Waals surface area contributed by atoms with Gasteiger partial charge in [-0.3, -0.25) is 4.79 Å². The first-order valence-corrected chi connectivity index (χ1v) is 11.6. The molecule has 0 saturated carbocycles. The molecule has 2 atom stereocenters. The van der Waals surface area contributed by atoms with E-state index in [0.29, 0.717) is 19.3 Å². The van der Waals surface area contributed by atoms with Gasteiger partial charge in [0, 0.05) is 12.0 Å². The summed E-state index contributed by atoms with van der Waals surface area (Å²) in [6.07, 6.45) is 9.91. The monoisotopic (exact) mass is 442 g/mol. The van der Waals surface area contributed by atoms with Gasteiger partial charge in [-0.1, -0.05) is 35.8 Å². The number of rotatable bonds is 13. The first-order valence-electron chi connectivity index (χ1n) is 11.6. The van der Waals surface area contributed by atoms with Gasteiger partial charge in [-0.25, -0.2) is 0 Å². The summed E-state index contributed by atoms with van der Waals surface area (Å²) in [6.45, 7) is 12.0. The number of ketones is 1. The highest BCUT2D eigenvalue weighted by Crippen LogP contribution is 2.28. The number of carbonyl (C=O) groups is 1. The predicted octanol–water partition coefficient (Wildman–Crippen LogP) is 6.63. The molecule has 0 saturated heterocycles. The van der Waals surface area contributed by atoms with Crippen LogP contribution in [0.5, 0.6) is 11.5 Å². The molecule has 1 aromatic carbocycles. The Morgan fingerprint density at radius 3 is 2.44 bits per heavy atom. The molecular weight excluding hydrogens is 400 g/mol. The molecule has 0 fully saturated rings. The number of benzene rings is 1. The minimum atomic E-state index is -0.309. The minimum Gasteiger partial charge on any atom is -0.507 e. The number of aliphatic hydroxyl groups excluding tert-OH is 1. The number of hydrogen-bond acceptors (Lipinski definition) is 4. The molecule has 0 spiro atoms. The van der Waals surface area contributed by atoms with Crippen LogP contribution in [0.25, 0.3) is 0 Å². The molecule has 2 unspecified atom stereocenters. The maximum Gasteiger partial charge on any atom is 0.159 e. The van der Waals surface area contributed by atoms with Crippen LogP contribution < -0.4 is 4.74 Å². The van der Waals surface area contributed by atoms with Crippen molar-refractivity contribution in [2.45, 2.75) is 86.2 Å². The van der Waals surface area contributed by atoms with E-state index in [0.717, 1.165) is 47.3 Å². The van der Waals surface area contributed by atoms with E-state index in [2.05, 4.69) is 13.0 Å². The number of aliphatic hydroxyl groups is 1. The maximum atomic E-state index is 12.4. The molecule has 0 heterocycles. The summed E-state index contributed by atoms with van der Waals surface area (Å²) in [5.41, 5.74) is 4.86. The van der Waals surface area contributed by atoms with Crippen LogP contribution in [0.4, 0.5) is 0 Å². The van der Waals surface area contributed by atoms with Crippen molar-refractivity contribution in [2.24, 2.45) is 5.92 Å². The highest BCUT2D eigenvalue weighted by atomic mass is 16.5. The van der Waals surface area contributed by atoms with Crippen molar-refractivity contribution in [3.63, 3.8) is 0 Å². The first-order chi connectivity index (χ1) is 15.0. The van der Waals surface area contributed by atoms with Crippen LogP contribution in [0.1, 0.15) is 77.8 Å². The van der Waals surface area contributed by atoms with Gasteiger partial charge in [0.15, 0.2) is 5.78 Å². The van der Waals surface area contributed by atoms with Crippen LogP contribution in [0.3, 0.4) is 0 Å². The molecule has 0 aliphatic heterocycles. The van der Waals surface area contributed by atoms with Crippen LogP contribution in [-0.4, -0.2) is 29.2 Å². The van der Waals surface area contributed by atoms with Crippen molar-refractivity contribution in [3.8, 4) is 11.5 Å². The number of hydrogen-bond donors (Lipinski definition) is 2. The van der Waals surface area contributed by atoms with Crippen molar-refractivity contribution in [1.82, 2.24) is 0 Å². The smallest absolute Gasteiger partial charge is 0.159 e. The number of methoxy groups -OCH3 is 1. The summed E-state index contributed by atoms with van der Waals surface area (Å²) in [6, 6.07) is 3.63. The van der Waals surface area contributed by atoms with Crippen LogP contribution in [0.2, 0.25) is 0 Å². The number of phenols is 1. The van der Waals surface area contributed by atoms with Gasteiger partial charge in [-0.15, -0.1) is 0 Å². The van der Waals surface area contributed by atoms with E-state index in [1.165, 1.54) is 5.57 Å². The molecule has 0 amide bonds. The van der Waals surface area contributed by atoms with E-state index >= 15 is 0 Å². The highest BCUT2D eigenvalue weighted by Gasteiger charge is 2.13. The Kier molecular flexibility index (Phi) is 12.1. The van der Waals surface area contributed by atoms with Gasteiger partial charge in [0.05, 0.1) is 13.2 Å². The molecule has 0 aromatic heterocycles. The summed E-state index contributed by atoms with van der Waals surface area (Å²) in [4.78, 5) is 12.4. The van der Waals surface area contributed by atoms with Crippen molar-refractivity contribution in [2.75, 3.05) is 7.11 Å². The van der Waals surface area contributed by atoms with Gasteiger partial charge in [-0.05, 0) is 96.4 Å². The van der Waals surface area contributed by atoms with Crippen molar-refractivity contribution < 1.29 is 19.7 Å². The fourth-order valence-corrected chi connectivity index (χ4v) is 3.60. The SMILES string of the molecule is COc1cc(C)c(O)c(CC=C(C)CC(=O)C=C(C)CCCC(C)C(O)CC=C(C)C)c1. The molecular formula is C28H42O4. The number of aryl methyl sites for hydroxylation is 1. The Morgan fingerprint density at radius 1 is 1.12 bits per heavy atom. The van der Waals surface area contributed by atoms with Crippen molar-refractivity contribution in [1.29, 1.82) is 0 Å². The third-order valence-corrected chi connectivity index (χ3v) is 5.77. The summed E-state index contributed by atoms with van der Waals surface area (Å²) in [5.74, 6) is 1.33. The molecule has 4 heteroatoms. The summed E-state index contributed by atoms with van der Waals surface area (Å²) >= 11 is 0. The molecule has 0 aliphatic rings. The van der Waals surface area contributed by atoms with E-state index in [9.17, 15) is 15.0 Å². The zero-order valence-corrected chi connectivity index (χ0v) is 21.0. The molecule has 0 bridgehead atoms. The zero-order chi connectivity index (χ0) is 24.3. The molecule has 32 heavy (non-hydrogen) atoms. The van der Waals surface area contributed by atoms with Gasteiger partial charge >= 0.3 is 0 Å². The number of allylic oxidation sites excluding steroid dienone is 5. The average molecular weight is 443 g/mol. The molecule has 178 valence electrons. The first kappa shape index (κ1) is 27.7. The Bertz CT molecular complexity index is 841. The molecule has 1 rings (SSSR count). The normalized spacial score (nSPS) is 14.1. The Hall–Kier alpha value is -2.33. The van der Waals surface area contributed by atoms with Crippen molar-refractivity contribution in [3.05, 3.63) is 58.2 Å². The highest BCUT2D eigenvalue weighted by molar-refractivity contribution is 5.91. The van der Waals surface area contributed by atoms with Crippen LogP contribution in [0, 0.1) is 12.8 Å². The zero-order valence-electron chi connectivity index (χ0n) is 21.0. The number of carbonyl (C=O) groups excluding carboxylic acids is 1. The van der Waals surface area contributed by atoms with E-state index in [-0.39, 0.29) is 23.6 Å². The Balaban J connectivity index is 2.52. The largest absolute Gasteiger partial charge is 0.507 e. The molecule has 0 radical (unpaired) electrons. The van der Waals surface area contributed by atoms with E-state index < -0.39 is 0 Å². The van der Waals surface area contributed by atoms with Gasteiger partial charge in [0.25, 0.3) is 0 Å². The molecule has 0 aliphatic carbocycles. The van der Waals surface area contributed by atoms with Crippen LogP contribution in [0.15, 0.2) is 47.1 Å². The standard InChI is InChI=1S/C28H42O4/c1-19(2)11-14-27(30)22(5)10-8-9-20(3)15-25(29)16-21(4)12-13-24-18-26(32-7)17-23(6)28(24)31/h11-12,15,17-18,22,27,30-31H,8-10,13-14,16H2,1-7H3. The molecule has 4 nitrogen and oxygen atoms in total. The Morgan fingerprint density at radius 2 is 1.81 bits per heavy atom. The fraction of sp³-hybridized carbons (Fsp3) is 0.536. The predicted molar refractivity (Wildman–Crippen MR) is 133 cm³/mol. The van der Waals surface area contributed by atoms with Gasteiger partial charge in [-0.2, -0.15) is 0 Å². The second-order valence-corrected chi connectivity index (χ2v) is 9.29. The number of ether oxygens (including phenoxy) is 1. The van der Waals surface area contributed by atoms with Crippen LogP contribution >= 0.6 is 0 Å². The number of aromatic hydroxyl groups is 1. The second-order valence-electron chi connectivity index (χ2n) is 9.29. The third-order valence-electron chi connectivity index (χ3n) is 5.77. The van der Waals surface area contributed by atoms with Gasteiger partial charge in [0.2, 0.25) is 0 Å². The summed E-state index contributed by atoms with van der Waals surface area (Å²) in [7, 11) is 1.61. The van der Waals surface area contributed by atoms with Gasteiger partial charge < -0.3 is 14.9 Å². The molecule has 1 aromatic rings. The average Bonchev–Trinajstić information content (AvgIpc) is 2.72. The minimum absolute atomic E-state index is 0.0962. The topological polar surface area (TPSA) is 66.8 Å². The maximum absolute atomic E-state index is 12.4.